The van der Waals surface area contributed by atoms with Crippen LogP contribution in [0.4, 0.5) is 5.69 Å². The van der Waals surface area contributed by atoms with Crippen molar-refractivity contribution >= 4 is 23.2 Å². The number of aliphatic hydroxyl groups is 1. The molecule has 1 atom stereocenters. The number of nitrogens with zero attached hydrogens (tertiary/aromatic N) is 1. The number of amides is 1. The molecular weight excluding hydrogens is 262 g/mol. The standard InChI is InChI=1S/C10H12ClN3O4/c11-7-2-1-6(8(3-7)14(17)18)4-13-5-9(15)10(12)16/h1-3,9,13,15H,4-5H2,(H2,12,16). The number of aliphatic hydroxyl groups excluding tert-OH is 1. The average Bonchev–Trinajstić information content (AvgIpc) is 2.30. The monoisotopic (exact) mass is 273 g/mol. The zero-order chi connectivity index (χ0) is 13.7. The van der Waals surface area contributed by atoms with Gasteiger partial charge in [0.05, 0.1) is 4.92 Å². The number of primary amides is 1. The number of carbonyl (C=O) groups is 1. The Balaban J connectivity index is 2.67. The van der Waals surface area contributed by atoms with Crippen molar-refractivity contribution in [3.8, 4) is 0 Å². The van der Waals surface area contributed by atoms with E-state index in [4.69, 9.17) is 22.4 Å². The second kappa shape index (κ2) is 6.29. The number of hydrogen-bond donors (Lipinski definition) is 3. The van der Waals surface area contributed by atoms with Gasteiger partial charge in [-0.2, -0.15) is 0 Å². The molecule has 1 unspecified atom stereocenters. The minimum absolute atomic E-state index is 0.0743. The van der Waals surface area contributed by atoms with Gasteiger partial charge in [0.2, 0.25) is 5.91 Å². The largest absolute Gasteiger partial charge is 0.382 e. The fourth-order valence-corrected chi connectivity index (χ4v) is 1.47. The van der Waals surface area contributed by atoms with Crippen LogP contribution in [0.15, 0.2) is 18.2 Å². The topological polar surface area (TPSA) is 118 Å². The van der Waals surface area contributed by atoms with E-state index in [1.807, 2.05) is 0 Å². The fraction of sp³-hybridized carbons (Fsp3) is 0.300. The Kier molecular flexibility index (Phi) is 5.02. The van der Waals surface area contributed by atoms with E-state index in [2.05, 4.69) is 5.32 Å². The van der Waals surface area contributed by atoms with Crippen molar-refractivity contribution in [2.75, 3.05) is 6.54 Å². The Morgan fingerprint density at radius 2 is 2.28 bits per heavy atom. The van der Waals surface area contributed by atoms with Gasteiger partial charge >= 0.3 is 0 Å². The Labute approximate surface area is 108 Å². The summed E-state index contributed by atoms with van der Waals surface area (Å²) in [6.45, 7) is 0.0485. The van der Waals surface area contributed by atoms with E-state index in [9.17, 15) is 14.9 Å². The van der Waals surface area contributed by atoms with Crippen molar-refractivity contribution < 1.29 is 14.8 Å². The highest BCUT2D eigenvalue weighted by molar-refractivity contribution is 6.30. The molecule has 0 saturated carbocycles. The molecule has 1 rings (SSSR count). The van der Waals surface area contributed by atoms with E-state index < -0.39 is 16.9 Å². The Hall–Kier alpha value is -1.70. The zero-order valence-electron chi connectivity index (χ0n) is 9.30. The minimum Gasteiger partial charge on any atom is -0.382 e. The molecule has 0 aliphatic carbocycles. The van der Waals surface area contributed by atoms with Crippen molar-refractivity contribution in [2.24, 2.45) is 5.73 Å². The van der Waals surface area contributed by atoms with Gasteiger partial charge in [0, 0.05) is 29.7 Å². The summed E-state index contributed by atoms with van der Waals surface area (Å²) in [7, 11) is 0. The zero-order valence-corrected chi connectivity index (χ0v) is 10.1. The summed E-state index contributed by atoms with van der Waals surface area (Å²) in [6, 6.07) is 4.27. The third kappa shape index (κ3) is 3.95. The van der Waals surface area contributed by atoms with Crippen molar-refractivity contribution in [3.05, 3.63) is 38.9 Å². The van der Waals surface area contributed by atoms with E-state index in [0.29, 0.717) is 5.56 Å². The van der Waals surface area contributed by atoms with Crippen LogP contribution in [0.3, 0.4) is 0 Å². The number of benzene rings is 1. The van der Waals surface area contributed by atoms with Crippen LogP contribution >= 0.6 is 11.6 Å². The van der Waals surface area contributed by atoms with Gasteiger partial charge in [-0.25, -0.2) is 0 Å². The Morgan fingerprint density at radius 1 is 1.61 bits per heavy atom. The van der Waals surface area contributed by atoms with Crippen LogP contribution < -0.4 is 11.1 Å². The van der Waals surface area contributed by atoms with Gasteiger partial charge in [0.15, 0.2) is 0 Å². The van der Waals surface area contributed by atoms with Crippen LogP contribution in [-0.4, -0.2) is 28.6 Å². The van der Waals surface area contributed by atoms with Gasteiger partial charge in [-0.15, -0.1) is 0 Å². The van der Waals surface area contributed by atoms with Crippen LogP contribution in [0, 0.1) is 10.1 Å². The summed E-state index contributed by atoms with van der Waals surface area (Å²) < 4.78 is 0. The molecule has 1 aromatic rings. The predicted octanol–water partition coefficient (Wildman–Crippen LogP) is 0.184. The minimum atomic E-state index is -1.32. The number of rotatable bonds is 6. The first kappa shape index (κ1) is 14.4. The molecule has 0 aromatic heterocycles. The molecule has 4 N–H and O–H groups in total. The molecule has 1 amide bonds. The number of nitro benzene ring substituents is 1. The normalized spacial score (nSPS) is 12.1. The molecule has 7 nitrogen and oxygen atoms in total. The molecule has 0 fully saturated rings. The van der Waals surface area contributed by atoms with Crippen LogP contribution in [0.25, 0.3) is 0 Å². The fourth-order valence-electron chi connectivity index (χ4n) is 1.30. The lowest BCUT2D eigenvalue weighted by Crippen LogP contribution is -2.37. The number of halogens is 1. The van der Waals surface area contributed by atoms with Crippen molar-refractivity contribution in [1.29, 1.82) is 0 Å². The Bertz CT molecular complexity index is 466. The molecule has 8 heteroatoms. The maximum Gasteiger partial charge on any atom is 0.275 e. The molecule has 0 aliphatic rings. The second-order valence-corrected chi connectivity index (χ2v) is 4.02. The summed E-state index contributed by atoms with van der Waals surface area (Å²) in [5.74, 6) is -0.854. The van der Waals surface area contributed by atoms with Crippen molar-refractivity contribution in [3.63, 3.8) is 0 Å². The quantitative estimate of drug-likeness (QED) is 0.505. The maximum absolute atomic E-state index is 10.8. The van der Waals surface area contributed by atoms with E-state index in [1.165, 1.54) is 18.2 Å². The summed E-state index contributed by atoms with van der Waals surface area (Å²) in [5.41, 5.74) is 5.14. The average molecular weight is 274 g/mol. The second-order valence-electron chi connectivity index (χ2n) is 3.58. The smallest absolute Gasteiger partial charge is 0.275 e. The van der Waals surface area contributed by atoms with Crippen LogP contribution in [-0.2, 0) is 11.3 Å². The number of nitrogens with one attached hydrogen (secondary N) is 1. The van der Waals surface area contributed by atoms with Crippen LogP contribution in [0.2, 0.25) is 5.02 Å². The third-order valence-corrected chi connectivity index (χ3v) is 2.46. The predicted molar refractivity (Wildman–Crippen MR) is 65.0 cm³/mol. The van der Waals surface area contributed by atoms with Crippen molar-refractivity contribution in [1.82, 2.24) is 5.32 Å². The van der Waals surface area contributed by atoms with E-state index >= 15 is 0 Å². The lowest BCUT2D eigenvalue weighted by atomic mass is 10.2. The van der Waals surface area contributed by atoms with Gasteiger partial charge in [-0.05, 0) is 12.1 Å². The summed E-state index contributed by atoms with van der Waals surface area (Å²) >= 11 is 5.66. The first-order chi connectivity index (χ1) is 8.41. The highest BCUT2D eigenvalue weighted by Crippen LogP contribution is 2.22. The summed E-state index contributed by atoms with van der Waals surface area (Å²) in [6.07, 6.45) is -1.32. The van der Waals surface area contributed by atoms with E-state index in [1.54, 1.807) is 0 Å². The first-order valence-corrected chi connectivity index (χ1v) is 5.40. The first-order valence-electron chi connectivity index (χ1n) is 5.02. The van der Waals surface area contributed by atoms with Crippen LogP contribution in [0.1, 0.15) is 5.56 Å². The van der Waals surface area contributed by atoms with Gasteiger partial charge in [0.25, 0.3) is 5.69 Å². The molecule has 98 valence electrons. The maximum atomic E-state index is 10.8. The molecule has 0 aliphatic heterocycles. The molecule has 0 saturated heterocycles. The van der Waals surface area contributed by atoms with Gasteiger partial charge in [-0.3, -0.25) is 14.9 Å². The number of hydrogen-bond acceptors (Lipinski definition) is 5. The molecule has 0 radical (unpaired) electrons. The van der Waals surface area contributed by atoms with Gasteiger partial charge < -0.3 is 16.2 Å². The molecule has 0 bridgehead atoms. The SMILES string of the molecule is NC(=O)C(O)CNCc1ccc(Cl)cc1[N+](=O)[O-]. The molecule has 0 heterocycles. The number of nitrogens with two attached hydrogens (primary N) is 1. The van der Waals surface area contributed by atoms with Gasteiger partial charge in [0.1, 0.15) is 6.10 Å². The van der Waals surface area contributed by atoms with Crippen LogP contribution in [0.5, 0.6) is 0 Å². The molecule has 0 spiro atoms. The molecule has 1 aromatic carbocycles. The van der Waals surface area contributed by atoms with Crippen molar-refractivity contribution in [2.45, 2.75) is 12.6 Å². The lowest BCUT2D eigenvalue weighted by Gasteiger charge is -2.08. The lowest BCUT2D eigenvalue weighted by molar-refractivity contribution is -0.385. The number of nitro groups is 1. The number of carbonyl (C=O) groups excluding carboxylic acids is 1. The Morgan fingerprint density at radius 3 is 2.83 bits per heavy atom. The molecular formula is C10H12ClN3O4. The van der Waals surface area contributed by atoms with E-state index in [-0.39, 0.29) is 23.8 Å². The highest BCUT2D eigenvalue weighted by Gasteiger charge is 2.15. The summed E-state index contributed by atoms with van der Waals surface area (Å²) in [4.78, 5) is 20.8. The summed E-state index contributed by atoms with van der Waals surface area (Å²) in [5, 5.41) is 22.9. The van der Waals surface area contributed by atoms with Gasteiger partial charge in [-0.1, -0.05) is 11.6 Å². The molecule has 18 heavy (non-hydrogen) atoms. The van der Waals surface area contributed by atoms with E-state index in [0.717, 1.165) is 0 Å². The highest BCUT2D eigenvalue weighted by atomic mass is 35.5. The third-order valence-electron chi connectivity index (χ3n) is 2.23.